The number of fused-ring (bicyclic) bond motifs is 2. The lowest BCUT2D eigenvalue weighted by atomic mass is 9.56. The van der Waals surface area contributed by atoms with Crippen molar-refractivity contribution in [2.75, 3.05) is 28.4 Å². The highest BCUT2D eigenvalue weighted by atomic mass is 16.7. The molecule has 0 unspecified atom stereocenters. The molecule has 0 radical (unpaired) electrons. The van der Waals surface area contributed by atoms with Gasteiger partial charge in [-0.1, -0.05) is 11.6 Å². The Morgan fingerprint density at radius 2 is 1.80 bits per heavy atom. The Balaban J connectivity index is 2.17. The topological polar surface area (TPSA) is 71.1 Å². The zero-order chi connectivity index (χ0) is 18.2. The monoisotopic (exact) mass is 350 g/mol. The predicted octanol–water partition coefficient (Wildman–Crippen LogP) is 2.18. The van der Waals surface area contributed by atoms with Gasteiger partial charge >= 0.3 is 5.97 Å². The van der Waals surface area contributed by atoms with E-state index in [1.54, 1.807) is 6.08 Å². The second-order valence-corrected chi connectivity index (χ2v) is 6.86. The highest BCUT2D eigenvalue weighted by Crippen LogP contribution is 2.56. The van der Waals surface area contributed by atoms with Gasteiger partial charge in [0.2, 0.25) is 11.6 Å². The average molecular weight is 350 g/mol. The standard InChI is InChI=1S/C19H26O6/c1-22-16(20)13-11-18(23-2)14(12-8-6-5-7-9-12)10-15(13)19(24-3,25-4)17(18)21/h8,11,14-15H,5-7,9-10H2,1-4H3/t14-,15+,18-/m0/s1. The number of carbonyl (C=O) groups is 2. The molecular weight excluding hydrogens is 324 g/mol. The summed E-state index contributed by atoms with van der Waals surface area (Å²) >= 11 is 0. The van der Waals surface area contributed by atoms with Crippen LogP contribution in [0.4, 0.5) is 0 Å². The zero-order valence-corrected chi connectivity index (χ0v) is 15.3. The first-order valence-corrected chi connectivity index (χ1v) is 8.71. The summed E-state index contributed by atoms with van der Waals surface area (Å²) in [6.45, 7) is 0. The molecule has 1 fully saturated rings. The van der Waals surface area contributed by atoms with Crippen LogP contribution in [0.25, 0.3) is 0 Å². The highest BCUT2D eigenvalue weighted by Gasteiger charge is 2.68. The number of carbonyl (C=O) groups excluding carboxylic acids is 2. The van der Waals surface area contributed by atoms with E-state index >= 15 is 0 Å². The van der Waals surface area contributed by atoms with Crippen LogP contribution in [0.15, 0.2) is 23.3 Å². The third kappa shape index (κ3) is 2.42. The molecule has 0 saturated heterocycles. The summed E-state index contributed by atoms with van der Waals surface area (Å²) in [4.78, 5) is 25.8. The molecule has 0 aromatic rings. The van der Waals surface area contributed by atoms with Crippen molar-refractivity contribution in [3.63, 3.8) is 0 Å². The average Bonchev–Trinajstić information content (AvgIpc) is 2.68. The molecule has 0 aromatic heterocycles. The number of ether oxygens (including phenoxy) is 4. The van der Waals surface area contributed by atoms with E-state index in [2.05, 4.69) is 6.08 Å². The van der Waals surface area contributed by atoms with Crippen LogP contribution in [0.1, 0.15) is 32.1 Å². The molecular formula is C19H26O6. The fraction of sp³-hybridized carbons (Fsp3) is 0.684. The van der Waals surface area contributed by atoms with Crippen LogP contribution in [0.3, 0.4) is 0 Å². The van der Waals surface area contributed by atoms with Crippen LogP contribution in [0, 0.1) is 11.8 Å². The van der Waals surface area contributed by atoms with Crippen LogP contribution in [0.5, 0.6) is 0 Å². The lowest BCUT2D eigenvalue weighted by molar-refractivity contribution is -0.257. The Morgan fingerprint density at radius 1 is 1.08 bits per heavy atom. The molecule has 6 heteroatoms. The molecule has 0 N–H and O–H groups in total. The van der Waals surface area contributed by atoms with Crippen LogP contribution in [0.2, 0.25) is 0 Å². The first-order chi connectivity index (χ1) is 12.0. The Morgan fingerprint density at radius 3 is 2.32 bits per heavy atom. The second kappa shape index (κ2) is 6.67. The normalized spacial score (nSPS) is 33.7. The van der Waals surface area contributed by atoms with E-state index in [0.717, 1.165) is 25.7 Å². The molecule has 4 aliphatic carbocycles. The van der Waals surface area contributed by atoms with Gasteiger partial charge in [0.05, 0.1) is 13.0 Å². The van der Waals surface area contributed by atoms with Gasteiger partial charge in [0.1, 0.15) is 0 Å². The number of methoxy groups -OCH3 is 4. The van der Waals surface area contributed by atoms with E-state index in [0.29, 0.717) is 12.0 Å². The van der Waals surface area contributed by atoms with E-state index in [-0.39, 0.29) is 11.7 Å². The number of rotatable bonds is 5. The molecule has 0 aliphatic heterocycles. The molecule has 4 aliphatic rings. The molecule has 4 rings (SSSR count). The van der Waals surface area contributed by atoms with Crippen LogP contribution < -0.4 is 0 Å². The molecule has 6 nitrogen and oxygen atoms in total. The molecule has 0 amide bonds. The number of Topliss-reactive ketones (excluding diaryl/α,β-unsaturated/α-hetero) is 1. The van der Waals surface area contributed by atoms with Crippen LogP contribution >= 0.6 is 0 Å². The molecule has 0 spiro atoms. The molecule has 2 bridgehead atoms. The molecule has 3 atom stereocenters. The summed E-state index contributed by atoms with van der Waals surface area (Å²) in [5.74, 6) is -2.92. The summed E-state index contributed by atoms with van der Waals surface area (Å²) in [5, 5.41) is 0. The Kier molecular flexibility index (Phi) is 4.88. The maximum atomic E-state index is 13.4. The van der Waals surface area contributed by atoms with Gasteiger partial charge in [0.25, 0.3) is 0 Å². The van der Waals surface area contributed by atoms with Crippen molar-refractivity contribution in [2.45, 2.75) is 43.5 Å². The molecule has 1 saturated carbocycles. The van der Waals surface area contributed by atoms with Crippen molar-refractivity contribution in [3.8, 4) is 0 Å². The van der Waals surface area contributed by atoms with Gasteiger partial charge in [-0.05, 0) is 38.2 Å². The van der Waals surface area contributed by atoms with E-state index in [1.165, 1.54) is 34.0 Å². The Hall–Kier alpha value is -1.50. The Bertz CT molecular complexity index is 630. The summed E-state index contributed by atoms with van der Waals surface area (Å²) in [6, 6.07) is 0. The maximum absolute atomic E-state index is 13.4. The maximum Gasteiger partial charge on any atom is 0.334 e. The number of esters is 1. The van der Waals surface area contributed by atoms with E-state index in [1.807, 2.05) is 0 Å². The van der Waals surface area contributed by atoms with Crippen molar-refractivity contribution in [1.82, 2.24) is 0 Å². The third-order valence-electron chi connectivity index (χ3n) is 6.00. The summed E-state index contributed by atoms with van der Waals surface area (Å²) in [6.07, 6.45) is 8.64. The zero-order valence-electron chi connectivity index (χ0n) is 15.3. The molecule has 25 heavy (non-hydrogen) atoms. The van der Waals surface area contributed by atoms with Gasteiger partial charge in [0.15, 0.2) is 5.60 Å². The van der Waals surface area contributed by atoms with Gasteiger partial charge in [-0.25, -0.2) is 4.79 Å². The van der Waals surface area contributed by atoms with E-state index < -0.39 is 23.3 Å². The minimum Gasteiger partial charge on any atom is -0.466 e. The summed E-state index contributed by atoms with van der Waals surface area (Å²) in [7, 11) is 5.68. The first kappa shape index (κ1) is 18.3. The second-order valence-electron chi connectivity index (χ2n) is 6.86. The van der Waals surface area contributed by atoms with E-state index in [4.69, 9.17) is 18.9 Å². The molecule has 138 valence electrons. The van der Waals surface area contributed by atoms with Crippen molar-refractivity contribution in [2.24, 2.45) is 11.8 Å². The minimum atomic E-state index is -1.53. The quantitative estimate of drug-likeness (QED) is 0.430. The smallest absolute Gasteiger partial charge is 0.334 e. The molecule has 0 heterocycles. The lowest BCUT2D eigenvalue weighted by Crippen LogP contribution is -2.70. The number of hydrogen-bond donors (Lipinski definition) is 0. The number of ketones is 1. The summed E-state index contributed by atoms with van der Waals surface area (Å²) < 4.78 is 21.8. The van der Waals surface area contributed by atoms with Gasteiger partial charge in [-0.2, -0.15) is 0 Å². The van der Waals surface area contributed by atoms with Gasteiger partial charge < -0.3 is 18.9 Å². The predicted molar refractivity (Wildman–Crippen MR) is 89.7 cm³/mol. The van der Waals surface area contributed by atoms with Crippen molar-refractivity contribution < 1.29 is 28.5 Å². The van der Waals surface area contributed by atoms with Crippen molar-refractivity contribution in [3.05, 3.63) is 23.3 Å². The Labute approximate surface area is 148 Å². The van der Waals surface area contributed by atoms with Crippen LogP contribution in [-0.4, -0.2) is 51.6 Å². The third-order valence-corrected chi connectivity index (χ3v) is 6.00. The van der Waals surface area contributed by atoms with Gasteiger partial charge in [0, 0.05) is 32.8 Å². The number of allylic oxidation sites excluding steroid dienone is 1. The fourth-order valence-corrected chi connectivity index (χ4v) is 4.76. The largest absolute Gasteiger partial charge is 0.466 e. The van der Waals surface area contributed by atoms with Gasteiger partial charge in [-0.15, -0.1) is 0 Å². The van der Waals surface area contributed by atoms with Crippen LogP contribution in [-0.2, 0) is 28.5 Å². The fourth-order valence-electron chi connectivity index (χ4n) is 4.76. The number of hydrogen-bond acceptors (Lipinski definition) is 6. The van der Waals surface area contributed by atoms with Crippen molar-refractivity contribution >= 4 is 11.8 Å². The molecule has 0 aromatic carbocycles. The SMILES string of the molecule is COC(=O)C1=C[C@@]2(OC)C(=O)C(OC)(OC)[C@@H]1C[C@H]2C1=CCCCC1. The van der Waals surface area contributed by atoms with E-state index in [9.17, 15) is 9.59 Å². The highest BCUT2D eigenvalue weighted by molar-refractivity contribution is 6.04. The first-order valence-electron chi connectivity index (χ1n) is 8.71. The lowest BCUT2D eigenvalue weighted by Gasteiger charge is -2.55. The summed E-state index contributed by atoms with van der Waals surface area (Å²) in [5.41, 5.74) is 0.348. The van der Waals surface area contributed by atoms with Crippen molar-refractivity contribution in [1.29, 1.82) is 0 Å². The van der Waals surface area contributed by atoms with Gasteiger partial charge in [-0.3, -0.25) is 4.79 Å². The minimum absolute atomic E-state index is 0.109.